The van der Waals surface area contributed by atoms with E-state index in [1.54, 1.807) is 11.9 Å². The Labute approximate surface area is 76.6 Å². The molecule has 1 aliphatic heterocycles. The van der Waals surface area contributed by atoms with E-state index in [4.69, 9.17) is 0 Å². The summed E-state index contributed by atoms with van der Waals surface area (Å²) in [6, 6.07) is 0. The molecule has 0 aromatic carbocycles. The summed E-state index contributed by atoms with van der Waals surface area (Å²) in [4.78, 5) is 13.3. The minimum Gasteiger partial charge on any atom is -0.337 e. The number of rotatable bonds is 0. The standard InChI is InChI=1S/C9H11N3O/c1-5-7-4-12(3)9(13)8(7)6(2)11-10-5/h4H2,1-3H3. The molecule has 0 unspecified atom stereocenters. The molecule has 0 saturated carbocycles. The summed E-state index contributed by atoms with van der Waals surface area (Å²) in [5.41, 5.74) is 3.36. The fourth-order valence-corrected chi connectivity index (χ4v) is 1.64. The van der Waals surface area contributed by atoms with Crippen molar-refractivity contribution in [3.05, 3.63) is 22.5 Å². The fraction of sp³-hybridized carbons (Fsp3) is 0.444. The summed E-state index contributed by atoms with van der Waals surface area (Å²) in [5, 5.41) is 7.93. The van der Waals surface area contributed by atoms with Crippen molar-refractivity contribution in [1.82, 2.24) is 15.1 Å². The Bertz CT molecular complexity index is 387. The summed E-state index contributed by atoms with van der Waals surface area (Å²) in [6.45, 7) is 4.37. The molecular weight excluding hydrogens is 166 g/mol. The molecule has 0 atom stereocenters. The van der Waals surface area contributed by atoms with Gasteiger partial charge in [0.05, 0.1) is 17.0 Å². The maximum absolute atomic E-state index is 11.6. The van der Waals surface area contributed by atoms with Gasteiger partial charge in [-0.1, -0.05) is 0 Å². The van der Waals surface area contributed by atoms with Crippen LogP contribution in [0, 0.1) is 13.8 Å². The van der Waals surface area contributed by atoms with Crippen molar-refractivity contribution in [3.63, 3.8) is 0 Å². The Kier molecular flexibility index (Phi) is 1.58. The molecule has 1 aliphatic rings. The quantitative estimate of drug-likeness (QED) is 0.585. The van der Waals surface area contributed by atoms with Crippen molar-refractivity contribution < 1.29 is 4.79 Å². The van der Waals surface area contributed by atoms with Gasteiger partial charge in [-0.25, -0.2) is 0 Å². The van der Waals surface area contributed by atoms with Crippen LogP contribution in [0.1, 0.15) is 27.3 Å². The molecule has 0 saturated heterocycles. The number of hydrogen-bond donors (Lipinski definition) is 0. The van der Waals surface area contributed by atoms with Gasteiger partial charge in [-0.05, 0) is 13.8 Å². The van der Waals surface area contributed by atoms with Crippen molar-refractivity contribution in [2.75, 3.05) is 7.05 Å². The van der Waals surface area contributed by atoms with Crippen LogP contribution < -0.4 is 0 Å². The van der Waals surface area contributed by atoms with E-state index in [9.17, 15) is 4.79 Å². The van der Waals surface area contributed by atoms with Gasteiger partial charge in [-0.15, -0.1) is 0 Å². The number of fused-ring (bicyclic) bond motifs is 1. The van der Waals surface area contributed by atoms with Crippen LogP contribution in [0.4, 0.5) is 0 Å². The van der Waals surface area contributed by atoms with E-state index in [2.05, 4.69) is 10.2 Å². The zero-order valence-corrected chi connectivity index (χ0v) is 7.96. The lowest BCUT2D eigenvalue weighted by Gasteiger charge is -2.04. The van der Waals surface area contributed by atoms with Crippen LogP contribution in [0.15, 0.2) is 0 Å². The van der Waals surface area contributed by atoms with Crippen molar-refractivity contribution in [1.29, 1.82) is 0 Å². The minimum atomic E-state index is 0.0606. The number of aryl methyl sites for hydroxylation is 2. The Hall–Kier alpha value is -1.45. The third kappa shape index (κ3) is 1.02. The van der Waals surface area contributed by atoms with E-state index in [1.807, 2.05) is 13.8 Å². The van der Waals surface area contributed by atoms with Crippen LogP contribution in [0.5, 0.6) is 0 Å². The second-order valence-electron chi connectivity index (χ2n) is 3.39. The van der Waals surface area contributed by atoms with E-state index < -0.39 is 0 Å². The third-order valence-electron chi connectivity index (χ3n) is 2.41. The molecule has 1 amide bonds. The smallest absolute Gasteiger partial charge is 0.256 e. The molecule has 13 heavy (non-hydrogen) atoms. The summed E-state index contributed by atoms with van der Waals surface area (Å²) in [5.74, 6) is 0.0606. The first-order chi connectivity index (χ1) is 6.11. The predicted molar refractivity (Wildman–Crippen MR) is 47.3 cm³/mol. The zero-order chi connectivity index (χ0) is 9.59. The molecule has 0 fully saturated rings. The van der Waals surface area contributed by atoms with Crippen LogP contribution in [-0.4, -0.2) is 28.1 Å². The summed E-state index contributed by atoms with van der Waals surface area (Å²) < 4.78 is 0. The van der Waals surface area contributed by atoms with Crippen LogP contribution >= 0.6 is 0 Å². The number of carbonyl (C=O) groups excluding carboxylic acids is 1. The molecular formula is C9H11N3O. The SMILES string of the molecule is Cc1nnc(C)c2c1CN(C)C2=O. The molecule has 2 rings (SSSR count). The number of amides is 1. The van der Waals surface area contributed by atoms with Crippen molar-refractivity contribution in [3.8, 4) is 0 Å². The van der Waals surface area contributed by atoms with Gasteiger partial charge >= 0.3 is 0 Å². The van der Waals surface area contributed by atoms with Gasteiger partial charge in [0.1, 0.15) is 0 Å². The molecule has 4 nitrogen and oxygen atoms in total. The van der Waals surface area contributed by atoms with Crippen molar-refractivity contribution >= 4 is 5.91 Å². The topological polar surface area (TPSA) is 46.1 Å². The van der Waals surface area contributed by atoms with Gasteiger partial charge in [0, 0.05) is 19.2 Å². The van der Waals surface area contributed by atoms with Crippen LogP contribution in [0.2, 0.25) is 0 Å². The average Bonchev–Trinajstić information content (AvgIpc) is 2.38. The highest BCUT2D eigenvalue weighted by atomic mass is 16.2. The monoisotopic (exact) mass is 177 g/mol. The molecule has 1 aromatic heterocycles. The molecule has 1 aromatic rings. The minimum absolute atomic E-state index is 0.0606. The maximum atomic E-state index is 11.6. The predicted octanol–water partition coefficient (Wildman–Crippen LogP) is 0.679. The lowest BCUT2D eigenvalue weighted by atomic mass is 10.1. The highest BCUT2D eigenvalue weighted by molar-refractivity contribution is 5.99. The molecule has 0 N–H and O–H groups in total. The lowest BCUT2D eigenvalue weighted by Crippen LogP contribution is -2.18. The molecule has 0 aliphatic carbocycles. The number of hydrogen-bond acceptors (Lipinski definition) is 3. The highest BCUT2D eigenvalue weighted by Gasteiger charge is 2.28. The summed E-state index contributed by atoms with van der Waals surface area (Å²) in [6.07, 6.45) is 0. The van der Waals surface area contributed by atoms with Gasteiger partial charge < -0.3 is 4.90 Å². The van der Waals surface area contributed by atoms with Gasteiger partial charge in [0.25, 0.3) is 5.91 Å². The van der Waals surface area contributed by atoms with Gasteiger partial charge in [-0.3, -0.25) is 4.79 Å². The van der Waals surface area contributed by atoms with Crippen molar-refractivity contribution in [2.45, 2.75) is 20.4 Å². The number of aromatic nitrogens is 2. The van der Waals surface area contributed by atoms with Gasteiger partial charge in [0.2, 0.25) is 0 Å². The fourth-order valence-electron chi connectivity index (χ4n) is 1.64. The number of nitrogens with zero attached hydrogens (tertiary/aromatic N) is 3. The van der Waals surface area contributed by atoms with Crippen LogP contribution in [0.25, 0.3) is 0 Å². The third-order valence-corrected chi connectivity index (χ3v) is 2.41. The largest absolute Gasteiger partial charge is 0.337 e. The molecule has 0 radical (unpaired) electrons. The first-order valence-electron chi connectivity index (χ1n) is 4.19. The Morgan fingerprint density at radius 1 is 1.23 bits per heavy atom. The second-order valence-corrected chi connectivity index (χ2v) is 3.39. The Morgan fingerprint density at radius 3 is 2.46 bits per heavy atom. The highest BCUT2D eigenvalue weighted by Crippen LogP contribution is 2.24. The first kappa shape index (κ1) is 8.16. The average molecular weight is 177 g/mol. The Morgan fingerprint density at radius 2 is 1.85 bits per heavy atom. The van der Waals surface area contributed by atoms with E-state index in [-0.39, 0.29) is 5.91 Å². The van der Waals surface area contributed by atoms with E-state index >= 15 is 0 Å². The molecule has 2 heterocycles. The molecule has 4 heteroatoms. The van der Waals surface area contributed by atoms with Crippen molar-refractivity contribution in [2.24, 2.45) is 0 Å². The molecule has 68 valence electrons. The normalized spacial score (nSPS) is 15.0. The number of carbonyl (C=O) groups is 1. The summed E-state index contributed by atoms with van der Waals surface area (Å²) >= 11 is 0. The first-order valence-corrected chi connectivity index (χ1v) is 4.19. The summed E-state index contributed by atoms with van der Waals surface area (Å²) in [7, 11) is 1.79. The Balaban J connectivity index is 2.68. The van der Waals surface area contributed by atoms with Crippen LogP contribution in [-0.2, 0) is 6.54 Å². The van der Waals surface area contributed by atoms with E-state index in [0.29, 0.717) is 6.54 Å². The molecule has 0 spiro atoms. The van der Waals surface area contributed by atoms with Gasteiger partial charge in [0.15, 0.2) is 0 Å². The van der Waals surface area contributed by atoms with Crippen LogP contribution in [0.3, 0.4) is 0 Å². The molecule has 0 bridgehead atoms. The zero-order valence-electron chi connectivity index (χ0n) is 7.96. The lowest BCUT2D eigenvalue weighted by molar-refractivity contribution is 0.0815. The van der Waals surface area contributed by atoms with E-state index in [1.165, 1.54) is 0 Å². The second kappa shape index (κ2) is 2.52. The maximum Gasteiger partial charge on any atom is 0.256 e. The van der Waals surface area contributed by atoms with E-state index in [0.717, 1.165) is 22.5 Å². The van der Waals surface area contributed by atoms with Gasteiger partial charge in [-0.2, -0.15) is 10.2 Å².